The maximum Gasteiger partial charge on any atom is 0.218 e. The molecule has 0 aliphatic carbocycles. The zero-order chi connectivity index (χ0) is 14.4. The van der Waals surface area contributed by atoms with Crippen LogP contribution >= 0.6 is 0 Å². The van der Waals surface area contributed by atoms with Gasteiger partial charge in [0.15, 0.2) is 0 Å². The Labute approximate surface area is 119 Å². The van der Waals surface area contributed by atoms with Crippen LogP contribution in [0.1, 0.15) is 24.1 Å². The van der Waals surface area contributed by atoms with Crippen molar-refractivity contribution in [1.82, 2.24) is 15.3 Å². The number of hydrogen-bond donors (Lipinski definition) is 1. The Morgan fingerprint density at radius 1 is 1.25 bits per heavy atom. The van der Waals surface area contributed by atoms with Crippen LogP contribution in [-0.4, -0.2) is 30.7 Å². The van der Waals surface area contributed by atoms with Crippen molar-refractivity contribution in [3.05, 3.63) is 47.9 Å². The van der Waals surface area contributed by atoms with Crippen LogP contribution in [-0.2, 0) is 0 Å². The highest BCUT2D eigenvalue weighted by Crippen LogP contribution is 2.29. The molecule has 0 saturated heterocycles. The third-order valence-corrected chi connectivity index (χ3v) is 3.02. The third kappa shape index (κ3) is 3.05. The van der Waals surface area contributed by atoms with Gasteiger partial charge < -0.3 is 14.8 Å². The van der Waals surface area contributed by atoms with Crippen molar-refractivity contribution in [3.63, 3.8) is 0 Å². The summed E-state index contributed by atoms with van der Waals surface area (Å²) < 4.78 is 10.6. The first-order valence-corrected chi connectivity index (χ1v) is 6.51. The SMILES string of the molecule is CCNC(c1cncc(OC)c1)c1cccnc1OC. The van der Waals surface area contributed by atoms with Crippen LogP contribution < -0.4 is 14.8 Å². The molecule has 106 valence electrons. The lowest BCUT2D eigenvalue weighted by molar-refractivity contribution is 0.386. The lowest BCUT2D eigenvalue weighted by Gasteiger charge is -2.20. The van der Waals surface area contributed by atoms with Gasteiger partial charge in [0.25, 0.3) is 0 Å². The zero-order valence-corrected chi connectivity index (χ0v) is 12.0. The number of rotatable bonds is 6. The Morgan fingerprint density at radius 2 is 2.10 bits per heavy atom. The molecule has 0 saturated carbocycles. The van der Waals surface area contributed by atoms with Gasteiger partial charge in [0.1, 0.15) is 5.75 Å². The fourth-order valence-electron chi connectivity index (χ4n) is 2.11. The van der Waals surface area contributed by atoms with Crippen LogP contribution in [0.3, 0.4) is 0 Å². The second kappa shape index (κ2) is 6.86. The highest BCUT2D eigenvalue weighted by molar-refractivity contribution is 5.38. The Balaban J connectivity index is 2.44. The molecule has 2 aromatic heterocycles. The van der Waals surface area contributed by atoms with Gasteiger partial charge in [0.2, 0.25) is 5.88 Å². The highest BCUT2D eigenvalue weighted by Gasteiger charge is 2.18. The number of hydrogen-bond acceptors (Lipinski definition) is 5. The van der Waals surface area contributed by atoms with Gasteiger partial charge in [-0.2, -0.15) is 0 Å². The van der Waals surface area contributed by atoms with Crippen molar-refractivity contribution in [3.8, 4) is 11.6 Å². The maximum atomic E-state index is 5.35. The van der Waals surface area contributed by atoms with Crippen LogP contribution in [0.2, 0.25) is 0 Å². The molecule has 0 aromatic carbocycles. The number of aromatic nitrogens is 2. The Bertz CT molecular complexity index is 560. The normalized spacial score (nSPS) is 11.9. The molecule has 0 bridgehead atoms. The molecule has 0 fully saturated rings. The lowest BCUT2D eigenvalue weighted by Crippen LogP contribution is -2.23. The summed E-state index contributed by atoms with van der Waals surface area (Å²) >= 11 is 0. The van der Waals surface area contributed by atoms with Gasteiger partial charge in [-0.05, 0) is 24.2 Å². The van der Waals surface area contributed by atoms with Gasteiger partial charge in [-0.15, -0.1) is 0 Å². The fraction of sp³-hybridized carbons (Fsp3) is 0.333. The van der Waals surface area contributed by atoms with E-state index in [4.69, 9.17) is 9.47 Å². The van der Waals surface area contributed by atoms with Gasteiger partial charge in [0, 0.05) is 18.0 Å². The van der Waals surface area contributed by atoms with E-state index in [0.717, 1.165) is 23.4 Å². The molecule has 1 N–H and O–H groups in total. The highest BCUT2D eigenvalue weighted by atomic mass is 16.5. The maximum absolute atomic E-state index is 5.35. The van der Waals surface area contributed by atoms with E-state index in [0.29, 0.717) is 5.88 Å². The Kier molecular flexibility index (Phi) is 4.90. The lowest BCUT2D eigenvalue weighted by atomic mass is 10.0. The molecule has 2 rings (SSSR count). The number of ether oxygens (including phenoxy) is 2. The van der Waals surface area contributed by atoms with E-state index in [9.17, 15) is 0 Å². The summed E-state index contributed by atoms with van der Waals surface area (Å²) in [5.74, 6) is 1.34. The number of nitrogens with one attached hydrogen (secondary N) is 1. The number of methoxy groups -OCH3 is 2. The smallest absolute Gasteiger partial charge is 0.218 e. The monoisotopic (exact) mass is 273 g/mol. The average molecular weight is 273 g/mol. The summed E-state index contributed by atoms with van der Waals surface area (Å²) in [7, 11) is 3.26. The molecule has 0 spiro atoms. The minimum atomic E-state index is -0.0359. The zero-order valence-electron chi connectivity index (χ0n) is 12.0. The van der Waals surface area contributed by atoms with Crippen molar-refractivity contribution in [1.29, 1.82) is 0 Å². The van der Waals surface area contributed by atoms with E-state index in [1.807, 2.05) is 24.4 Å². The minimum Gasteiger partial charge on any atom is -0.495 e. The molecule has 0 radical (unpaired) electrons. The quantitative estimate of drug-likeness (QED) is 0.874. The van der Waals surface area contributed by atoms with E-state index in [2.05, 4.69) is 22.2 Å². The van der Waals surface area contributed by atoms with E-state index in [-0.39, 0.29) is 6.04 Å². The molecule has 5 nitrogen and oxygen atoms in total. The first-order valence-electron chi connectivity index (χ1n) is 6.51. The van der Waals surface area contributed by atoms with E-state index >= 15 is 0 Å². The summed E-state index contributed by atoms with van der Waals surface area (Å²) in [6.45, 7) is 2.88. The Hall–Kier alpha value is -2.14. The summed E-state index contributed by atoms with van der Waals surface area (Å²) in [5.41, 5.74) is 1.99. The number of pyridine rings is 2. The second-order valence-corrected chi connectivity index (χ2v) is 4.25. The fourth-order valence-corrected chi connectivity index (χ4v) is 2.11. The van der Waals surface area contributed by atoms with Gasteiger partial charge in [0.05, 0.1) is 26.5 Å². The summed E-state index contributed by atoms with van der Waals surface area (Å²) in [6, 6.07) is 5.83. The van der Waals surface area contributed by atoms with Crippen LogP contribution in [0.15, 0.2) is 36.8 Å². The second-order valence-electron chi connectivity index (χ2n) is 4.25. The largest absolute Gasteiger partial charge is 0.495 e. The summed E-state index contributed by atoms with van der Waals surface area (Å²) in [4.78, 5) is 8.47. The van der Waals surface area contributed by atoms with Crippen LogP contribution in [0.5, 0.6) is 11.6 Å². The van der Waals surface area contributed by atoms with E-state index in [1.54, 1.807) is 26.6 Å². The molecule has 5 heteroatoms. The molecular formula is C15H19N3O2. The molecule has 2 aromatic rings. The van der Waals surface area contributed by atoms with Crippen LogP contribution in [0.25, 0.3) is 0 Å². The van der Waals surface area contributed by atoms with Gasteiger partial charge in [-0.3, -0.25) is 4.98 Å². The molecule has 0 aliphatic rings. The molecular weight excluding hydrogens is 254 g/mol. The Morgan fingerprint density at radius 3 is 2.80 bits per heavy atom. The van der Waals surface area contributed by atoms with Gasteiger partial charge in [-0.25, -0.2) is 4.98 Å². The summed E-state index contributed by atoms with van der Waals surface area (Å²) in [6.07, 6.45) is 5.23. The molecule has 2 heterocycles. The molecule has 1 atom stereocenters. The third-order valence-electron chi connectivity index (χ3n) is 3.02. The predicted octanol–water partition coefficient (Wildman–Crippen LogP) is 2.19. The van der Waals surface area contributed by atoms with Crippen molar-refractivity contribution in [2.45, 2.75) is 13.0 Å². The number of nitrogens with zero attached hydrogens (tertiary/aromatic N) is 2. The minimum absolute atomic E-state index is 0.0359. The first-order chi connectivity index (χ1) is 9.80. The topological polar surface area (TPSA) is 56.3 Å². The standard InChI is InChI=1S/C15H19N3O2/c1-4-17-14(11-8-12(19-2)10-16-9-11)13-6-5-7-18-15(13)20-3/h5-10,14,17H,4H2,1-3H3. The van der Waals surface area contributed by atoms with Crippen molar-refractivity contribution >= 4 is 0 Å². The molecule has 1 unspecified atom stereocenters. The van der Waals surface area contributed by atoms with Gasteiger partial charge >= 0.3 is 0 Å². The van der Waals surface area contributed by atoms with Crippen LogP contribution in [0.4, 0.5) is 0 Å². The molecule has 20 heavy (non-hydrogen) atoms. The van der Waals surface area contributed by atoms with E-state index in [1.165, 1.54) is 0 Å². The molecule has 0 aliphatic heterocycles. The van der Waals surface area contributed by atoms with Crippen molar-refractivity contribution < 1.29 is 9.47 Å². The summed E-state index contributed by atoms with van der Waals surface area (Å²) in [5, 5.41) is 3.43. The van der Waals surface area contributed by atoms with Crippen molar-refractivity contribution in [2.24, 2.45) is 0 Å². The predicted molar refractivity (Wildman–Crippen MR) is 77.1 cm³/mol. The van der Waals surface area contributed by atoms with Crippen molar-refractivity contribution in [2.75, 3.05) is 20.8 Å². The first kappa shape index (κ1) is 14.3. The average Bonchev–Trinajstić information content (AvgIpc) is 2.52. The molecule has 0 amide bonds. The van der Waals surface area contributed by atoms with Crippen LogP contribution in [0, 0.1) is 0 Å². The van der Waals surface area contributed by atoms with E-state index < -0.39 is 0 Å². The van der Waals surface area contributed by atoms with Gasteiger partial charge in [-0.1, -0.05) is 13.0 Å².